The van der Waals surface area contributed by atoms with E-state index in [0.29, 0.717) is 31.4 Å². The van der Waals surface area contributed by atoms with E-state index in [1.54, 1.807) is 19.2 Å². The van der Waals surface area contributed by atoms with Gasteiger partial charge in [0.25, 0.3) is 5.91 Å². The number of fused-ring (bicyclic) bond motifs is 1. The van der Waals surface area contributed by atoms with Crippen molar-refractivity contribution in [3.63, 3.8) is 0 Å². The smallest absolute Gasteiger partial charge is 0.258 e. The van der Waals surface area contributed by atoms with Crippen molar-refractivity contribution in [1.82, 2.24) is 15.6 Å². The van der Waals surface area contributed by atoms with Crippen molar-refractivity contribution in [2.75, 3.05) is 26.9 Å². The zero-order chi connectivity index (χ0) is 27.5. The number of para-hydroxylation sites is 2. The first-order valence-electron chi connectivity index (χ1n) is 13.1. The van der Waals surface area contributed by atoms with Gasteiger partial charge in [-0.05, 0) is 60.2 Å². The number of aryl methyl sites for hydroxylation is 1. The summed E-state index contributed by atoms with van der Waals surface area (Å²) in [5.74, 6) is 0.961. The minimum absolute atomic E-state index is 0.0808. The molecule has 204 valence electrons. The van der Waals surface area contributed by atoms with Gasteiger partial charge >= 0.3 is 0 Å². The fraction of sp³-hybridized carbons (Fsp3) is 0.290. The van der Waals surface area contributed by atoms with Crippen LogP contribution in [-0.4, -0.2) is 54.8 Å². The molecule has 39 heavy (non-hydrogen) atoms. The van der Waals surface area contributed by atoms with Gasteiger partial charge < -0.3 is 30.2 Å². The van der Waals surface area contributed by atoms with Crippen molar-refractivity contribution < 1.29 is 24.2 Å². The molecule has 8 nitrogen and oxygen atoms in total. The number of aliphatic hydroxyl groups is 1. The number of H-pyrrole nitrogens is 1. The number of hydrogen-bond donors (Lipinski definition) is 4. The molecule has 0 aliphatic rings. The molecule has 2 amide bonds. The summed E-state index contributed by atoms with van der Waals surface area (Å²) in [4.78, 5) is 28.8. The van der Waals surface area contributed by atoms with E-state index in [4.69, 9.17) is 14.6 Å². The molecule has 0 spiro atoms. The van der Waals surface area contributed by atoms with E-state index < -0.39 is 0 Å². The molecule has 4 aromatic rings. The lowest BCUT2D eigenvalue weighted by Crippen LogP contribution is -2.46. The first-order valence-corrected chi connectivity index (χ1v) is 13.1. The summed E-state index contributed by atoms with van der Waals surface area (Å²) in [5, 5.41) is 16.2. The van der Waals surface area contributed by atoms with Gasteiger partial charge in [0.05, 0.1) is 13.2 Å². The summed E-state index contributed by atoms with van der Waals surface area (Å²) in [6.45, 7) is 0.217. The first kappa shape index (κ1) is 27.7. The lowest BCUT2D eigenvalue weighted by Gasteiger charge is -2.20. The van der Waals surface area contributed by atoms with Gasteiger partial charge in [-0.25, -0.2) is 0 Å². The van der Waals surface area contributed by atoms with E-state index >= 15 is 0 Å². The normalized spacial score (nSPS) is 11.6. The zero-order valence-electron chi connectivity index (χ0n) is 22.1. The molecule has 0 saturated carbocycles. The number of aliphatic hydroxyl groups excluding tert-OH is 1. The average Bonchev–Trinajstić information content (AvgIpc) is 3.37. The number of aromatic nitrogens is 1. The van der Waals surface area contributed by atoms with Crippen LogP contribution in [0.3, 0.4) is 0 Å². The molecule has 0 bridgehead atoms. The van der Waals surface area contributed by atoms with Crippen molar-refractivity contribution in [3.8, 4) is 11.5 Å². The maximum absolute atomic E-state index is 12.8. The Morgan fingerprint density at radius 1 is 0.923 bits per heavy atom. The number of nitrogens with one attached hydrogen (secondary N) is 3. The molecular weight excluding hydrogens is 494 g/mol. The minimum atomic E-state index is -0.331. The van der Waals surface area contributed by atoms with E-state index in [9.17, 15) is 9.59 Å². The number of ether oxygens (including phenoxy) is 2. The quantitative estimate of drug-likeness (QED) is 0.200. The SMILES string of the molecule is COc1ccccc1CCC(=O)NC[C@@H](Cc1c[nH]c2ccccc12)NC(=O)COc1ccc(CCO)cc1. The summed E-state index contributed by atoms with van der Waals surface area (Å²) in [6.07, 6.45) is 3.92. The fourth-order valence-electron chi connectivity index (χ4n) is 4.52. The van der Waals surface area contributed by atoms with Crippen LogP contribution in [0.5, 0.6) is 11.5 Å². The van der Waals surface area contributed by atoms with E-state index in [0.717, 1.165) is 33.3 Å². The van der Waals surface area contributed by atoms with Crippen LogP contribution >= 0.6 is 0 Å². The molecule has 0 radical (unpaired) electrons. The Morgan fingerprint density at radius 2 is 1.69 bits per heavy atom. The second kappa shape index (κ2) is 14.0. The zero-order valence-corrected chi connectivity index (χ0v) is 22.1. The lowest BCUT2D eigenvalue weighted by molar-refractivity contribution is -0.125. The number of hydrogen-bond acceptors (Lipinski definition) is 5. The molecule has 8 heteroatoms. The van der Waals surface area contributed by atoms with Gasteiger partial charge in [-0.15, -0.1) is 0 Å². The van der Waals surface area contributed by atoms with Crippen molar-refractivity contribution in [2.24, 2.45) is 0 Å². The molecule has 0 unspecified atom stereocenters. The number of aromatic amines is 1. The lowest BCUT2D eigenvalue weighted by atomic mass is 10.0. The average molecular weight is 530 g/mol. The highest BCUT2D eigenvalue weighted by molar-refractivity contribution is 5.83. The predicted octanol–water partition coefficient (Wildman–Crippen LogP) is 3.57. The topological polar surface area (TPSA) is 113 Å². The predicted molar refractivity (Wildman–Crippen MR) is 151 cm³/mol. The standard InChI is InChI=1S/C31H35N3O5/c1-38-29-9-5-2-6-23(29)12-15-30(36)33-20-25(18-24-19-32-28-8-4-3-7-27(24)28)34-31(37)21-39-26-13-10-22(11-14-26)16-17-35/h2-11,13-14,19,25,32,35H,12,15-18,20-21H2,1H3,(H,33,36)(H,34,37)/t25-/m1/s1. The monoisotopic (exact) mass is 529 g/mol. The van der Waals surface area contributed by atoms with Gasteiger partial charge in [0.15, 0.2) is 6.61 Å². The summed E-state index contributed by atoms with van der Waals surface area (Å²) in [7, 11) is 1.62. The van der Waals surface area contributed by atoms with Crippen LogP contribution in [0.1, 0.15) is 23.1 Å². The Kier molecular flexibility index (Phi) is 9.97. The summed E-state index contributed by atoms with van der Waals surface area (Å²) >= 11 is 0. The van der Waals surface area contributed by atoms with Gasteiger partial charge in [-0.1, -0.05) is 48.5 Å². The van der Waals surface area contributed by atoms with Crippen LogP contribution in [0.15, 0.2) is 79.0 Å². The third kappa shape index (κ3) is 8.09. The van der Waals surface area contributed by atoms with Gasteiger partial charge in [-0.2, -0.15) is 0 Å². The first-order chi connectivity index (χ1) is 19.1. The van der Waals surface area contributed by atoms with E-state index in [1.165, 1.54) is 0 Å². The van der Waals surface area contributed by atoms with Crippen LogP contribution in [0, 0.1) is 0 Å². The van der Waals surface area contributed by atoms with Gasteiger partial charge in [0.2, 0.25) is 5.91 Å². The molecule has 0 saturated heterocycles. The number of methoxy groups -OCH3 is 1. The fourth-order valence-corrected chi connectivity index (χ4v) is 4.52. The van der Waals surface area contributed by atoms with Gasteiger partial charge in [0.1, 0.15) is 11.5 Å². The Morgan fingerprint density at radius 3 is 2.49 bits per heavy atom. The summed E-state index contributed by atoms with van der Waals surface area (Å²) in [5.41, 5.74) is 4.04. The highest BCUT2D eigenvalue weighted by atomic mass is 16.5. The second-order valence-corrected chi connectivity index (χ2v) is 9.35. The molecule has 1 heterocycles. The van der Waals surface area contributed by atoms with Crippen LogP contribution in [0.4, 0.5) is 0 Å². The molecule has 0 aliphatic carbocycles. The Bertz CT molecular complexity index is 1370. The molecule has 0 aliphatic heterocycles. The number of benzene rings is 3. The molecular formula is C31H35N3O5. The third-order valence-electron chi connectivity index (χ3n) is 6.56. The van der Waals surface area contributed by atoms with Crippen LogP contribution in [0.25, 0.3) is 10.9 Å². The Hall–Kier alpha value is -4.30. The Balaban J connectivity index is 1.35. The number of rotatable bonds is 14. The summed E-state index contributed by atoms with van der Waals surface area (Å²) < 4.78 is 11.0. The van der Waals surface area contributed by atoms with Gasteiger partial charge in [-0.3, -0.25) is 9.59 Å². The second-order valence-electron chi connectivity index (χ2n) is 9.35. The minimum Gasteiger partial charge on any atom is -0.496 e. The maximum atomic E-state index is 12.8. The third-order valence-corrected chi connectivity index (χ3v) is 6.56. The van der Waals surface area contributed by atoms with E-state index in [-0.39, 0.29) is 37.6 Å². The largest absolute Gasteiger partial charge is 0.496 e. The number of amides is 2. The molecule has 4 N–H and O–H groups in total. The van der Waals surface area contributed by atoms with Crippen LogP contribution < -0.4 is 20.1 Å². The van der Waals surface area contributed by atoms with Crippen molar-refractivity contribution in [2.45, 2.75) is 31.7 Å². The molecule has 4 rings (SSSR count). The summed E-state index contributed by atoms with van der Waals surface area (Å²) in [6, 6.07) is 22.6. The molecule has 1 atom stereocenters. The number of carbonyl (C=O) groups is 2. The Labute approximate surface area is 228 Å². The van der Waals surface area contributed by atoms with Crippen molar-refractivity contribution in [1.29, 1.82) is 0 Å². The van der Waals surface area contributed by atoms with Crippen LogP contribution in [0.2, 0.25) is 0 Å². The van der Waals surface area contributed by atoms with Crippen molar-refractivity contribution >= 4 is 22.7 Å². The van der Waals surface area contributed by atoms with Gasteiger partial charge in [0, 0.05) is 36.7 Å². The molecule has 1 aromatic heterocycles. The highest BCUT2D eigenvalue weighted by Crippen LogP contribution is 2.20. The van der Waals surface area contributed by atoms with E-state index in [2.05, 4.69) is 15.6 Å². The maximum Gasteiger partial charge on any atom is 0.258 e. The van der Waals surface area contributed by atoms with Crippen LogP contribution in [-0.2, 0) is 28.9 Å². The molecule has 3 aromatic carbocycles. The van der Waals surface area contributed by atoms with Crippen molar-refractivity contribution in [3.05, 3.63) is 95.7 Å². The van der Waals surface area contributed by atoms with E-state index in [1.807, 2.05) is 66.9 Å². The highest BCUT2D eigenvalue weighted by Gasteiger charge is 2.17. The number of carbonyl (C=O) groups excluding carboxylic acids is 2. The molecule has 0 fully saturated rings.